The minimum absolute atomic E-state index is 0.0455. The first-order valence-corrected chi connectivity index (χ1v) is 14.0. The normalized spacial score (nSPS) is 14.5. The summed E-state index contributed by atoms with van der Waals surface area (Å²) in [7, 11) is 0. The molecule has 5 nitrogen and oxygen atoms in total. The summed E-state index contributed by atoms with van der Waals surface area (Å²) < 4.78 is 12.0. The van der Waals surface area contributed by atoms with Crippen LogP contribution in [0.15, 0.2) is 77.7 Å². The van der Waals surface area contributed by atoms with E-state index in [1.807, 2.05) is 31.2 Å². The van der Waals surface area contributed by atoms with Crippen molar-refractivity contribution in [2.45, 2.75) is 20.1 Å². The summed E-state index contributed by atoms with van der Waals surface area (Å²) >= 11 is 19.7. The van der Waals surface area contributed by atoms with Gasteiger partial charge in [0.1, 0.15) is 6.61 Å². The second kappa shape index (κ2) is 11.9. The van der Waals surface area contributed by atoms with Crippen molar-refractivity contribution in [3.8, 4) is 11.5 Å². The lowest BCUT2D eigenvalue weighted by molar-refractivity contribution is -0.123. The fourth-order valence-corrected chi connectivity index (χ4v) is 5.83. The van der Waals surface area contributed by atoms with Crippen LogP contribution in [-0.2, 0) is 17.9 Å². The van der Waals surface area contributed by atoms with Gasteiger partial charge in [-0.25, -0.2) is 0 Å². The van der Waals surface area contributed by atoms with Gasteiger partial charge in [0.05, 0.1) is 23.1 Å². The Hall–Kier alpha value is -3.16. The van der Waals surface area contributed by atoms with E-state index in [1.54, 1.807) is 36.4 Å². The van der Waals surface area contributed by atoms with Crippen LogP contribution in [0.4, 0.5) is 4.79 Å². The highest BCUT2D eigenvalue weighted by Gasteiger charge is 2.35. The van der Waals surface area contributed by atoms with E-state index in [4.69, 9.17) is 44.3 Å². The molecule has 4 aromatic carbocycles. The smallest absolute Gasteiger partial charge is 0.293 e. The predicted octanol–water partition coefficient (Wildman–Crippen LogP) is 9.01. The maximum Gasteiger partial charge on any atom is 0.293 e. The van der Waals surface area contributed by atoms with Gasteiger partial charge in [0.25, 0.3) is 11.1 Å². The molecular weight excluding hydrogens is 577 g/mol. The van der Waals surface area contributed by atoms with Crippen LogP contribution in [0, 0.1) is 0 Å². The van der Waals surface area contributed by atoms with E-state index in [1.165, 1.54) is 0 Å². The summed E-state index contributed by atoms with van der Waals surface area (Å²) in [6, 6.07) is 22.5. The summed E-state index contributed by atoms with van der Waals surface area (Å²) in [5.74, 6) is 0.444. The number of benzene rings is 4. The van der Waals surface area contributed by atoms with Crippen LogP contribution < -0.4 is 9.47 Å². The van der Waals surface area contributed by atoms with Gasteiger partial charge >= 0.3 is 0 Å². The van der Waals surface area contributed by atoms with Crippen molar-refractivity contribution in [2.24, 2.45) is 0 Å². The fraction of sp³-hybridized carbons (Fsp3) is 0.133. The zero-order valence-corrected chi connectivity index (χ0v) is 23.8. The maximum atomic E-state index is 13.1. The molecule has 4 aromatic rings. The molecule has 0 bridgehead atoms. The Morgan fingerprint density at radius 2 is 1.67 bits per heavy atom. The third-order valence-electron chi connectivity index (χ3n) is 6.10. The van der Waals surface area contributed by atoms with Crippen LogP contribution in [0.3, 0.4) is 0 Å². The van der Waals surface area contributed by atoms with Gasteiger partial charge < -0.3 is 9.47 Å². The molecule has 5 rings (SSSR count). The highest BCUT2D eigenvalue weighted by atomic mass is 35.5. The molecule has 0 aromatic heterocycles. The lowest BCUT2D eigenvalue weighted by Crippen LogP contribution is -2.27. The number of nitrogens with zero attached hydrogens (tertiary/aromatic N) is 1. The first-order valence-electron chi connectivity index (χ1n) is 12.1. The minimum Gasteiger partial charge on any atom is -0.490 e. The molecule has 39 heavy (non-hydrogen) atoms. The molecule has 1 heterocycles. The Morgan fingerprint density at radius 1 is 0.872 bits per heavy atom. The maximum absolute atomic E-state index is 13.1. The van der Waals surface area contributed by atoms with E-state index >= 15 is 0 Å². The molecule has 2 amide bonds. The van der Waals surface area contributed by atoms with E-state index in [0.717, 1.165) is 33.0 Å². The molecule has 9 heteroatoms. The molecule has 0 aliphatic carbocycles. The van der Waals surface area contributed by atoms with Crippen molar-refractivity contribution in [2.75, 3.05) is 6.61 Å². The first kappa shape index (κ1) is 27.4. The highest BCUT2D eigenvalue weighted by molar-refractivity contribution is 8.18. The molecule has 0 N–H and O–H groups in total. The van der Waals surface area contributed by atoms with Crippen molar-refractivity contribution in [3.05, 3.63) is 109 Å². The lowest BCUT2D eigenvalue weighted by Gasteiger charge is -2.16. The van der Waals surface area contributed by atoms with E-state index in [9.17, 15) is 9.59 Å². The Labute approximate surface area is 245 Å². The zero-order valence-electron chi connectivity index (χ0n) is 20.7. The number of carbonyl (C=O) groups excluding carboxylic acids is 2. The quantitative estimate of drug-likeness (QED) is 0.189. The van der Waals surface area contributed by atoms with Crippen molar-refractivity contribution in [1.82, 2.24) is 4.90 Å². The summed E-state index contributed by atoms with van der Waals surface area (Å²) in [6.07, 6.45) is 1.62. The Bertz CT molecular complexity index is 1620. The van der Waals surface area contributed by atoms with Gasteiger partial charge in [-0.2, -0.15) is 0 Å². The number of carbonyl (C=O) groups is 2. The molecular formula is C30H22Cl3NO4S. The minimum atomic E-state index is -0.415. The van der Waals surface area contributed by atoms with Crippen LogP contribution in [0.25, 0.3) is 16.8 Å². The molecule has 1 aliphatic rings. The average Bonchev–Trinajstić information content (AvgIpc) is 3.17. The molecule has 0 radical (unpaired) electrons. The number of hydrogen-bond donors (Lipinski definition) is 0. The van der Waals surface area contributed by atoms with Gasteiger partial charge in [-0.1, -0.05) is 83.3 Å². The first-order chi connectivity index (χ1) is 18.8. The van der Waals surface area contributed by atoms with Crippen LogP contribution in [0.1, 0.15) is 23.6 Å². The molecule has 1 saturated heterocycles. The Morgan fingerprint density at radius 3 is 2.46 bits per heavy atom. The Kier molecular flexibility index (Phi) is 8.38. The average molecular weight is 599 g/mol. The lowest BCUT2D eigenvalue weighted by atomic mass is 10.1. The number of hydrogen-bond acceptors (Lipinski definition) is 5. The van der Waals surface area contributed by atoms with Crippen molar-refractivity contribution in [1.29, 1.82) is 0 Å². The molecule has 1 aliphatic heterocycles. The summed E-state index contributed by atoms with van der Waals surface area (Å²) in [5, 5.41) is 3.03. The second-order valence-corrected chi connectivity index (χ2v) is 10.9. The standard InChI is InChI=1S/C30H22Cl3NO4S/c1-2-37-26-13-18(12-25(33)28(26)38-17-21-8-5-7-19-6-3-4-9-23(19)21)14-27-29(35)34(30(36)39-27)16-20-10-11-22(31)15-24(20)32/h3-15H,2,16-17H2,1H3/b27-14-. The molecule has 0 unspecified atom stereocenters. The molecule has 0 saturated carbocycles. The SMILES string of the molecule is CCOc1cc(/C=C2\SC(=O)N(Cc3ccc(Cl)cc3Cl)C2=O)cc(Cl)c1OCc1cccc2ccccc12. The van der Waals surface area contributed by atoms with Gasteiger partial charge in [0, 0.05) is 10.0 Å². The van der Waals surface area contributed by atoms with Gasteiger partial charge in [-0.15, -0.1) is 0 Å². The predicted molar refractivity (Wildman–Crippen MR) is 159 cm³/mol. The molecule has 198 valence electrons. The molecule has 0 spiro atoms. The number of fused-ring (bicyclic) bond motifs is 1. The molecule has 0 atom stereocenters. The van der Waals surface area contributed by atoms with E-state index in [-0.39, 0.29) is 16.7 Å². The summed E-state index contributed by atoms with van der Waals surface area (Å²) in [5.41, 5.74) is 2.25. The van der Waals surface area contributed by atoms with Gasteiger partial charge in [-0.3, -0.25) is 14.5 Å². The zero-order chi connectivity index (χ0) is 27.5. The van der Waals surface area contributed by atoms with Crippen LogP contribution in [-0.4, -0.2) is 22.7 Å². The fourth-order valence-electron chi connectivity index (χ4n) is 4.25. The highest BCUT2D eigenvalue weighted by Crippen LogP contribution is 2.40. The van der Waals surface area contributed by atoms with Crippen molar-refractivity contribution >= 4 is 74.6 Å². The van der Waals surface area contributed by atoms with Crippen molar-refractivity contribution in [3.63, 3.8) is 0 Å². The third-order valence-corrected chi connectivity index (χ3v) is 7.87. The second-order valence-electron chi connectivity index (χ2n) is 8.69. The largest absolute Gasteiger partial charge is 0.490 e. The molecule has 1 fully saturated rings. The van der Waals surface area contributed by atoms with E-state index < -0.39 is 5.91 Å². The van der Waals surface area contributed by atoms with Crippen molar-refractivity contribution < 1.29 is 19.1 Å². The number of halogens is 3. The van der Waals surface area contributed by atoms with Crippen LogP contribution >= 0.6 is 46.6 Å². The van der Waals surface area contributed by atoms with Crippen LogP contribution in [0.2, 0.25) is 15.1 Å². The number of amides is 2. The van der Waals surface area contributed by atoms with Gasteiger partial charge in [0.15, 0.2) is 11.5 Å². The number of rotatable bonds is 8. The summed E-state index contributed by atoms with van der Waals surface area (Å²) in [6.45, 7) is 2.60. The number of imide groups is 1. The Balaban J connectivity index is 1.38. The summed E-state index contributed by atoms with van der Waals surface area (Å²) in [4.78, 5) is 27.2. The van der Waals surface area contributed by atoms with Gasteiger partial charge in [0.2, 0.25) is 0 Å². The number of ether oxygens (including phenoxy) is 2. The third kappa shape index (κ3) is 6.04. The monoisotopic (exact) mass is 597 g/mol. The number of thioether (sulfide) groups is 1. The van der Waals surface area contributed by atoms with E-state index in [2.05, 4.69) is 18.2 Å². The topological polar surface area (TPSA) is 55.8 Å². The van der Waals surface area contributed by atoms with Gasteiger partial charge in [-0.05, 0) is 76.5 Å². The van der Waals surface area contributed by atoms with E-state index in [0.29, 0.717) is 50.9 Å². The van der Waals surface area contributed by atoms with Crippen LogP contribution in [0.5, 0.6) is 11.5 Å².